The van der Waals surface area contributed by atoms with Crippen LogP contribution < -0.4 is 20.8 Å². The van der Waals surface area contributed by atoms with E-state index in [1.807, 2.05) is 4.98 Å². The number of H-pyrrole nitrogens is 1. The molecule has 5 N–H and O–H groups in total. The van der Waals surface area contributed by atoms with E-state index >= 15 is 0 Å². The minimum absolute atomic E-state index is 0.139. The van der Waals surface area contributed by atoms with Crippen LogP contribution in [-0.4, -0.2) is 53.4 Å². The van der Waals surface area contributed by atoms with Crippen molar-refractivity contribution in [1.82, 2.24) is 4.98 Å². The molecule has 0 aliphatic rings. The van der Waals surface area contributed by atoms with Crippen LogP contribution in [0.2, 0.25) is 0 Å². The van der Waals surface area contributed by atoms with Gasteiger partial charge in [-0.2, -0.15) is 0 Å². The van der Waals surface area contributed by atoms with Gasteiger partial charge in [-0.25, -0.2) is 14.4 Å². The van der Waals surface area contributed by atoms with E-state index in [-0.39, 0.29) is 24.3 Å². The number of pyridine rings is 1. The molecular weight excluding hydrogens is 448 g/mol. The number of ether oxygens (including phenoxy) is 3. The number of esters is 1. The fourth-order valence-electron chi connectivity index (χ4n) is 3.20. The number of hydrogen-bond donors (Lipinski definition) is 4. The van der Waals surface area contributed by atoms with Crippen molar-refractivity contribution in [3.05, 3.63) is 75.6 Å². The molecule has 3 rings (SSSR count). The third-order valence-corrected chi connectivity index (χ3v) is 4.69. The fourth-order valence-corrected chi connectivity index (χ4v) is 3.20. The number of aromatic nitrogens is 1. The van der Waals surface area contributed by atoms with Gasteiger partial charge in [0.1, 0.15) is 41.7 Å². The van der Waals surface area contributed by atoms with Gasteiger partial charge >= 0.3 is 17.9 Å². The Labute approximate surface area is 192 Å². The quantitative estimate of drug-likeness (QED) is 0.269. The highest BCUT2D eigenvalue weighted by Crippen LogP contribution is 2.30. The van der Waals surface area contributed by atoms with Crippen LogP contribution in [0.25, 0.3) is 11.1 Å². The summed E-state index contributed by atoms with van der Waals surface area (Å²) in [6.07, 6.45) is 0. The summed E-state index contributed by atoms with van der Waals surface area (Å²) in [5.41, 5.74) is 3.56. The number of hydrogen-bond acceptors (Lipinski definition) is 8. The maximum Gasteiger partial charge on any atom is 0.342 e. The zero-order chi connectivity index (χ0) is 24.8. The number of carboxylic acid groups (broad SMARTS) is 2. The smallest absolute Gasteiger partial charge is 0.342 e. The van der Waals surface area contributed by atoms with E-state index < -0.39 is 40.4 Å². The second-order valence-corrected chi connectivity index (χ2v) is 6.84. The van der Waals surface area contributed by atoms with Crippen molar-refractivity contribution in [3.63, 3.8) is 0 Å². The van der Waals surface area contributed by atoms with Crippen LogP contribution in [0.15, 0.2) is 53.3 Å². The van der Waals surface area contributed by atoms with Crippen LogP contribution in [0.1, 0.15) is 31.1 Å². The SMILES string of the molecule is COC(=O)c1cccc(OCCOc2ccc(-c3c(C(=O)O)c(N)[nH]c(=O)c3C(=O)O)cc2)c1. The molecule has 0 aliphatic heterocycles. The zero-order valence-corrected chi connectivity index (χ0v) is 17.9. The van der Waals surface area contributed by atoms with Gasteiger partial charge in [0, 0.05) is 5.56 Å². The topological polar surface area (TPSA) is 178 Å². The largest absolute Gasteiger partial charge is 0.490 e. The Morgan fingerprint density at radius 2 is 1.53 bits per heavy atom. The molecule has 11 nitrogen and oxygen atoms in total. The molecule has 0 bridgehead atoms. The molecule has 0 saturated carbocycles. The maximum absolute atomic E-state index is 12.1. The number of carbonyl (C=O) groups is 3. The average molecular weight is 468 g/mol. The molecule has 2 aromatic carbocycles. The highest BCUT2D eigenvalue weighted by molar-refractivity contribution is 6.07. The van der Waals surface area contributed by atoms with Crippen molar-refractivity contribution in [1.29, 1.82) is 0 Å². The highest BCUT2D eigenvalue weighted by atomic mass is 16.5. The Kier molecular flexibility index (Phi) is 7.16. The number of nitrogens with one attached hydrogen (secondary N) is 1. The lowest BCUT2D eigenvalue weighted by atomic mass is 9.95. The number of nitrogens with two attached hydrogens (primary N) is 1. The third-order valence-electron chi connectivity index (χ3n) is 4.69. The Morgan fingerprint density at radius 3 is 2.12 bits per heavy atom. The van der Waals surface area contributed by atoms with E-state index in [2.05, 4.69) is 4.74 Å². The lowest BCUT2D eigenvalue weighted by Crippen LogP contribution is -2.24. The van der Waals surface area contributed by atoms with Crippen LogP contribution in [0.4, 0.5) is 5.82 Å². The predicted molar refractivity (Wildman–Crippen MR) is 120 cm³/mol. The highest BCUT2D eigenvalue weighted by Gasteiger charge is 2.26. The molecule has 0 fully saturated rings. The minimum atomic E-state index is -1.59. The Bertz CT molecular complexity index is 1300. The van der Waals surface area contributed by atoms with E-state index in [0.29, 0.717) is 17.1 Å². The summed E-state index contributed by atoms with van der Waals surface area (Å²) in [5, 5.41) is 18.9. The average Bonchev–Trinajstić information content (AvgIpc) is 2.80. The fraction of sp³-hybridized carbons (Fsp3) is 0.130. The first-order chi connectivity index (χ1) is 16.2. The second-order valence-electron chi connectivity index (χ2n) is 6.84. The predicted octanol–water partition coefficient (Wildman–Crippen LogP) is 2.26. The minimum Gasteiger partial charge on any atom is -0.490 e. The molecule has 0 saturated heterocycles. The standard InChI is InChI=1S/C23H20N2O9/c1-32-23(31)13-3-2-4-15(11-13)34-10-9-33-14-7-5-12(6-8-14)16-17(21(27)28)19(24)25-20(26)18(16)22(29)30/h2-8,11H,9-10H2,1H3,(H,27,28)(H,29,30)(H3,24,25,26). The number of carbonyl (C=O) groups excluding carboxylic acids is 1. The van der Waals surface area contributed by atoms with Crippen LogP contribution in [0.5, 0.6) is 11.5 Å². The van der Waals surface area contributed by atoms with Crippen molar-refractivity contribution < 1.29 is 38.8 Å². The van der Waals surface area contributed by atoms with Crippen LogP contribution in [-0.2, 0) is 4.74 Å². The Morgan fingerprint density at radius 1 is 0.912 bits per heavy atom. The summed E-state index contributed by atoms with van der Waals surface area (Å²) in [6.45, 7) is 0.295. The summed E-state index contributed by atoms with van der Waals surface area (Å²) < 4.78 is 15.8. The van der Waals surface area contributed by atoms with Gasteiger partial charge in [0.2, 0.25) is 0 Å². The molecule has 34 heavy (non-hydrogen) atoms. The van der Waals surface area contributed by atoms with Crippen molar-refractivity contribution >= 4 is 23.7 Å². The number of methoxy groups -OCH3 is 1. The normalized spacial score (nSPS) is 10.4. The second kappa shape index (κ2) is 10.2. The van der Waals surface area contributed by atoms with E-state index in [1.54, 1.807) is 18.2 Å². The molecular formula is C23H20N2O9. The molecule has 0 spiro atoms. The summed E-state index contributed by atoms with van der Waals surface area (Å²) in [6, 6.07) is 12.3. The number of rotatable bonds is 9. The summed E-state index contributed by atoms with van der Waals surface area (Å²) in [5.74, 6) is -3.17. The molecule has 0 radical (unpaired) electrons. The van der Waals surface area contributed by atoms with Gasteiger partial charge in [0.05, 0.1) is 12.7 Å². The first-order valence-electron chi connectivity index (χ1n) is 9.79. The molecule has 1 heterocycles. The molecule has 3 aromatic rings. The van der Waals surface area contributed by atoms with Crippen molar-refractivity contribution in [2.45, 2.75) is 0 Å². The number of benzene rings is 2. The van der Waals surface area contributed by atoms with Crippen molar-refractivity contribution in [3.8, 4) is 22.6 Å². The van der Waals surface area contributed by atoms with E-state index in [1.165, 1.54) is 37.4 Å². The molecule has 0 atom stereocenters. The zero-order valence-electron chi connectivity index (χ0n) is 17.9. The van der Waals surface area contributed by atoms with Crippen LogP contribution in [0, 0.1) is 0 Å². The number of nitrogen functional groups attached to an aromatic ring is 1. The summed E-state index contributed by atoms with van der Waals surface area (Å²) in [7, 11) is 1.28. The van der Waals surface area contributed by atoms with Crippen LogP contribution >= 0.6 is 0 Å². The number of anilines is 1. The van der Waals surface area contributed by atoms with E-state index in [4.69, 9.17) is 15.2 Å². The van der Waals surface area contributed by atoms with Crippen LogP contribution in [0.3, 0.4) is 0 Å². The van der Waals surface area contributed by atoms with Gasteiger partial charge in [-0.1, -0.05) is 18.2 Å². The lowest BCUT2D eigenvalue weighted by molar-refractivity contribution is 0.0598. The lowest BCUT2D eigenvalue weighted by Gasteiger charge is -2.13. The third kappa shape index (κ3) is 5.15. The number of aromatic carboxylic acids is 2. The van der Waals surface area contributed by atoms with Gasteiger partial charge < -0.3 is 35.1 Å². The number of carboxylic acids is 2. The van der Waals surface area contributed by atoms with Gasteiger partial charge in [-0.3, -0.25) is 4.79 Å². The molecule has 0 unspecified atom stereocenters. The van der Waals surface area contributed by atoms with Gasteiger partial charge in [-0.15, -0.1) is 0 Å². The van der Waals surface area contributed by atoms with Crippen molar-refractivity contribution in [2.24, 2.45) is 0 Å². The molecule has 1 aromatic heterocycles. The Balaban J connectivity index is 1.73. The first-order valence-corrected chi connectivity index (χ1v) is 9.79. The molecule has 11 heteroatoms. The number of aromatic amines is 1. The van der Waals surface area contributed by atoms with E-state index in [0.717, 1.165) is 0 Å². The summed E-state index contributed by atoms with van der Waals surface area (Å²) >= 11 is 0. The summed E-state index contributed by atoms with van der Waals surface area (Å²) in [4.78, 5) is 49.0. The molecule has 176 valence electrons. The van der Waals surface area contributed by atoms with Crippen molar-refractivity contribution in [2.75, 3.05) is 26.1 Å². The van der Waals surface area contributed by atoms with Gasteiger partial charge in [-0.05, 0) is 35.9 Å². The first kappa shape index (κ1) is 23.9. The monoisotopic (exact) mass is 468 g/mol. The van der Waals surface area contributed by atoms with Gasteiger partial charge in [0.25, 0.3) is 5.56 Å². The molecule has 0 aliphatic carbocycles. The maximum atomic E-state index is 12.1. The molecule has 0 amide bonds. The van der Waals surface area contributed by atoms with E-state index in [9.17, 15) is 29.4 Å². The van der Waals surface area contributed by atoms with Gasteiger partial charge in [0.15, 0.2) is 0 Å². The Hall–Kier alpha value is -4.80.